The summed E-state index contributed by atoms with van der Waals surface area (Å²) < 4.78 is 0. The van der Waals surface area contributed by atoms with Gasteiger partial charge in [-0.1, -0.05) is 29.4 Å². The first-order valence-electron chi connectivity index (χ1n) is 6.34. The van der Waals surface area contributed by atoms with Crippen molar-refractivity contribution in [2.24, 2.45) is 4.99 Å². The minimum absolute atomic E-state index is 0.510. The Morgan fingerprint density at radius 2 is 2.33 bits per heavy atom. The second-order valence-electron chi connectivity index (χ2n) is 4.45. The van der Waals surface area contributed by atoms with E-state index in [2.05, 4.69) is 20.2 Å². The highest BCUT2D eigenvalue weighted by atomic mass is 35.5. The Morgan fingerprint density at radius 1 is 1.43 bits per heavy atom. The first kappa shape index (κ1) is 14.6. The van der Waals surface area contributed by atoms with Crippen LogP contribution in [-0.4, -0.2) is 33.8 Å². The second-order valence-corrected chi connectivity index (χ2v) is 6.89. The van der Waals surface area contributed by atoms with Gasteiger partial charge in [-0.05, 0) is 11.6 Å². The molecule has 0 bridgehead atoms. The van der Waals surface area contributed by atoms with Gasteiger partial charge in [0.05, 0.1) is 5.75 Å². The maximum absolute atomic E-state index is 8.65. The monoisotopic (exact) mass is 337 g/mol. The first-order chi connectivity index (χ1) is 10.3. The molecule has 3 heterocycles. The van der Waals surface area contributed by atoms with Gasteiger partial charge in [0.2, 0.25) is 0 Å². The Kier molecular flexibility index (Phi) is 4.58. The van der Waals surface area contributed by atoms with Crippen molar-refractivity contribution < 1.29 is 0 Å². The quantitative estimate of drug-likeness (QED) is 0.508. The molecule has 0 atom stereocenters. The number of nitriles is 1. The Bertz CT molecular complexity index is 635. The number of pyridine rings is 1. The number of hydrogen-bond donors (Lipinski definition) is 1. The molecule has 0 amide bonds. The van der Waals surface area contributed by atoms with Gasteiger partial charge in [0.1, 0.15) is 21.0 Å². The van der Waals surface area contributed by atoms with Crippen LogP contribution in [0.25, 0.3) is 0 Å². The molecule has 1 aromatic rings. The normalized spacial score (nSPS) is 21.3. The van der Waals surface area contributed by atoms with Crippen LogP contribution in [0.4, 0.5) is 0 Å². The van der Waals surface area contributed by atoms with Crippen LogP contribution in [0.2, 0.25) is 5.15 Å². The van der Waals surface area contributed by atoms with Gasteiger partial charge in [0.15, 0.2) is 6.19 Å². The maximum atomic E-state index is 8.65. The lowest BCUT2D eigenvalue weighted by Crippen LogP contribution is -2.18. The van der Waals surface area contributed by atoms with E-state index >= 15 is 0 Å². The molecule has 5 nitrogen and oxygen atoms in total. The maximum Gasteiger partial charge on any atom is 0.182 e. The highest BCUT2D eigenvalue weighted by molar-refractivity contribution is 8.07. The zero-order chi connectivity index (χ0) is 14.7. The number of rotatable bonds is 2. The Morgan fingerprint density at radius 3 is 3.10 bits per heavy atom. The van der Waals surface area contributed by atoms with Gasteiger partial charge in [-0.25, -0.2) is 9.98 Å². The van der Waals surface area contributed by atoms with Crippen molar-refractivity contribution >= 4 is 41.0 Å². The van der Waals surface area contributed by atoms with E-state index in [1.807, 2.05) is 30.1 Å². The van der Waals surface area contributed by atoms with E-state index in [1.54, 1.807) is 18.0 Å². The average Bonchev–Trinajstić information content (AvgIpc) is 3.11. The highest BCUT2D eigenvalue weighted by Gasteiger charge is 2.25. The minimum Gasteiger partial charge on any atom is -0.359 e. The molecule has 8 heteroatoms. The first-order valence-corrected chi connectivity index (χ1v) is 8.69. The van der Waals surface area contributed by atoms with E-state index < -0.39 is 0 Å². The molecule has 2 aliphatic rings. The summed E-state index contributed by atoms with van der Waals surface area (Å²) in [7, 11) is 0. The van der Waals surface area contributed by atoms with Gasteiger partial charge in [-0.3, -0.25) is 5.32 Å². The van der Waals surface area contributed by atoms with Crippen LogP contribution in [0.1, 0.15) is 5.56 Å². The van der Waals surface area contributed by atoms with Crippen LogP contribution < -0.4 is 5.32 Å². The van der Waals surface area contributed by atoms with E-state index in [-0.39, 0.29) is 0 Å². The fraction of sp³-hybridized carbons (Fsp3) is 0.308. The third-order valence-corrected chi connectivity index (χ3v) is 5.45. The number of halogens is 1. The van der Waals surface area contributed by atoms with Gasteiger partial charge < -0.3 is 4.90 Å². The average molecular weight is 338 g/mol. The lowest BCUT2D eigenvalue weighted by atomic mass is 10.3. The molecule has 21 heavy (non-hydrogen) atoms. The molecule has 2 aliphatic heterocycles. The van der Waals surface area contributed by atoms with Crippen LogP contribution in [-0.2, 0) is 6.54 Å². The SMILES string of the molecule is N#CNC1=NC(=C2SCCN2Cc2ccc(Cl)nc2)SC1. The van der Waals surface area contributed by atoms with Gasteiger partial charge in [0.25, 0.3) is 0 Å². The molecule has 0 spiro atoms. The van der Waals surface area contributed by atoms with Crippen LogP contribution in [0.5, 0.6) is 0 Å². The molecule has 1 fully saturated rings. The largest absolute Gasteiger partial charge is 0.359 e. The van der Waals surface area contributed by atoms with Gasteiger partial charge in [0, 0.05) is 25.0 Å². The molecular weight excluding hydrogens is 326 g/mol. The van der Waals surface area contributed by atoms with E-state index in [0.717, 1.165) is 41.0 Å². The number of nitrogens with one attached hydrogen (secondary N) is 1. The molecule has 0 aliphatic carbocycles. The molecule has 1 saturated heterocycles. The van der Waals surface area contributed by atoms with Crippen LogP contribution >= 0.6 is 35.1 Å². The zero-order valence-electron chi connectivity index (χ0n) is 11.0. The third kappa shape index (κ3) is 3.46. The molecule has 108 valence electrons. The standard InChI is InChI=1S/C13H12ClN5S2/c14-10-2-1-9(5-16-10)6-19-3-4-20-13(19)12-18-11(7-21-12)17-8-15/h1-2,5H,3-4,6-7H2,(H,17,18). The van der Waals surface area contributed by atoms with Crippen LogP contribution in [0.3, 0.4) is 0 Å². The topological polar surface area (TPSA) is 64.3 Å². The molecule has 0 aromatic carbocycles. The van der Waals surface area contributed by atoms with E-state index in [9.17, 15) is 0 Å². The fourth-order valence-corrected chi connectivity index (χ4v) is 4.39. The van der Waals surface area contributed by atoms with Crippen LogP contribution in [0, 0.1) is 11.5 Å². The third-order valence-electron chi connectivity index (χ3n) is 3.01. The second kappa shape index (κ2) is 6.60. The van der Waals surface area contributed by atoms with Crippen molar-refractivity contribution in [2.45, 2.75) is 6.54 Å². The highest BCUT2D eigenvalue weighted by Crippen LogP contribution is 2.38. The zero-order valence-corrected chi connectivity index (χ0v) is 13.4. The predicted octanol–water partition coefficient (Wildman–Crippen LogP) is 2.63. The smallest absolute Gasteiger partial charge is 0.182 e. The number of thioether (sulfide) groups is 2. The molecule has 1 N–H and O–H groups in total. The number of aromatic nitrogens is 1. The fourth-order valence-electron chi connectivity index (χ4n) is 2.08. The predicted molar refractivity (Wildman–Crippen MR) is 87.8 cm³/mol. The summed E-state index contributed by atoms with van der Waals surface area (Å²) in [5.74, 6) is 2.51. The molecule has 0 radical (unpaired) electrons. The summed E-state index contributed by atoms with van der Waals surface area (Å²) in [4.78, 5) is 10.9. The summed E-state index contributed by atoms with van der Waals surface area (Å²) in [5.41, 5.74) is 1.13. The van der Waals surface area contributed by atoms with Crippen molar-refractivity contribution in [3.8, 4) is 6.19 Å². The summed E-state index contributed by atoms with van der Waals surface area (Å²) in [5, 5.41) is 14.0. The summed E-state index contributed by atoms with van der Waals surface area (Å²) >= 11 is 9.29. The lowest BCUT2D eigenvalue weighted by molar-refractivity contribution is 0.394. The van der Waals surface area contributed by atoms with Crippen molar-refractivity contribution in [2.75, 3.05) is 18.1 Å². The summed E-state index contributed by atoms with van der Waals surface area (Å²) in [6, 6.07) is 3.80. The van der Waals surface area contributed by atoms with Crippen molar-refractivity contribution in [3.05, 3.63) is 39.1 Å². The van der Waals surface area contributed by atoms with E-state index in [4.69, 9.17) is 16.9 Å². The Balaban J connectivity index is 1.77. The van der Waals surface area contributed by atoms with Crippen molar-refractivity contribution in [1.29, 1.82) is 5.26 Å². The van der Waals surface area contributed by atoms with Crippen molar-refractivity contribution in [1.82, 2.24) is 15.2 Å². The molecule has 3 rings (SSSR count). The summed E-state index contributed by atoms with van der Waals surface area (Å²) in [6.45, 7) is 1.79. The van der Waals surface area contributed by atoms with E-state index in [1.165, 1.54) is 5.03 Å². The Hall–Kier alpha value is -1.36. The Labute approximate surface area is 136 Å². The molecule has 1 aromatic heterocycles. The van der Waals surface area contributed by atoms with E-state index in [0.29, 0.717) is 5.15 Å². The number of amidine groups is 1. The number of aliphatic imine (C=N–C) groups is 1. The summed E-state index contributed by atoms with van der Waals surface area (Å²) in [6.07, 6.45) is 3.73. The lowest BCUT2D eigenvalue weighted by Gasteiger charge is -2.19. The molecular formula is C13H12ClN5S2. The minimum atomic E-state index is 0.510. The van der Waals surface area contributed by atoms with Crippen molar-refractivity contribution in [3.63, 3.8) is 0 Å². The van der Waals surface area contributed by atoms with Gasteiger partial charge >= 0.3 is 0 Å². The van der Waals surface area contributed by atoms with Crippen LogP contribution in [0.15, 0.2) is 33.4 Å². The molecule has 0 saturated carbocycles. The number of nitrogens with zero attached hydrogens (tertiary/aromatic N) is 4. The number of hydrogen-bond acceptors (Lipinski definition) is 7. The van der Waals surface area contributed by atoms with Gasteiger partial charge in [-0.2, -0.15) is 5.26 Å². The van der Waals surface area contributed by atoms with Gasteiger partial charge in [-0.15, -0.1) is 11.8 Å². The molecule has 0 unspecified atom stereocenters.